The molecule has 2 atom stereocenters. The maximum Gasteiger partial charge on any atom is 0.319 e. The normalized spacial score (nSPS) is 14.5. The Morgan fingerprint density at radius 1 is 1.47 bits per heavy atom. The van der Waals surface area contributed by atoms with Gasteiger partial charge >= 0.3 is 5.97 Å². The largest absolute Gasteiger partial charge is 0.480 e. The minimum Gasteiger partial charge on any atom is -0.480 e. The highest BCUT2D eigenvalue weighted by Crippen LogP contribution is 2.11. The molecule has 1 N–H and O–H groups in total. The van der Waals surface area contributed by atoms with Crippen molar-refractivity contribution in [1.29, 1.82) is 0 Å². The first-order valence-electron chi connectivity index (χ1n) is 5.52. The number of rotatable bonds is 6. The van der Waals surface area contributed by atoms with Crippen LogP contribution in [0.2, 0.25) is 0 Å². The molecule has 1 rings (SSSR count). The second kappa shape index (κ2) is 6.49. The molecule has 0 aliphatic heterocycles. The van der Waals surface area contributed by atoms with Crippen molar-refractivity contribution in [3.8, 4) is 0 Å². The van der Waals surface area contributed by atoms with Gasteiger partial charge in [0.2, 0.25) is 0 Å². The van der Waals surface area contributed by atoms with E-state index in [0.29, 0.717) is 12.2 Å². The standard InChI is InChI=1S/C12H17NO3S/c1-9(2)11(12(14)15)17(16)8-6-10-5-3-4-7-13-10/h3-5,7,9,11H,6,8H2,1-2H3,(H,14,15). The fraction of sp³-hybridized carbons (Fsp3) is 0.500. The molecule has 0 radical (unpaired) electrons. The molecular formula is C12H17NO3S. The van der Waals surface area contributed by atoms with Gasteiger partial charge in [0, 0.05) is 34.9 Å². The summed E-state index contributed by atoms with van der Waals surface area (Å²) in [4.78, 5) is 15.1. The van der Waals surface area contributed by atoms with Crippen molar-refractivity contribution in [2.75, 3.05) is 5.75 Å². The average molecular weight is 255 g/mol. The number of aryl methyl sites for hydroxylation is 1. The van der Waals surface area contributed by atoms with E-state index in [4.69, 9.17) is 5.11 Å². The molecule has 0 bridgehead atoms. The van der Waals surface area contributed by atoms with Crippen molar-refractivity contribution in [3.05, 3.63) is 30.1 Å². The highest BCUT2D eigenvalue weighted by Gasteiger charge is 2.27. The van der Waals surface area contributed by atoms with Crippen LogP contribution in [0.5, 0.6) is 0 Å². The molecule has 0 spiro atoms. The third-order valence-corrected chi connectivity index (χ3v) is 4.34. The molecule has 0 saturated heterocycles. The molecule has 4 nitrogen and oxygen atoms in total. The van der Waals surface area contributed by atoms with Crippen molar-refractivity contribution in [3.63, 3.8) is 0 Å². The summed E-state index contributed by atoms with van der Waals surface area (Å²) in [7, 11) is -1.36. The number of aliphatic carboxylic acids is 1. The number of aromatic nitrogens is 1. The van der Waals surface area contributed by atoms with Crippen LogP contribution >= 0.6 is 0 Å². The molecule has 0 aromatic carbocycles. The van der Waals surface area contributed by atoms with Gasteiger partial charge in [-0.15, -0.1) is 0 Å². The van der Waals surface area contributed by atoms with Gasteiger partial charge in [0.15, 0.2) is 0 Å². The lowest BCUT2D eigenvalue weighted by atomic mass is 10.1. The van der Waals surface area contributed by atoms with Crippen LogP contribution in [0.4, 0.5) is 0 Å². The summed E-state index contributed by atoms with van der Waals surface area (Å²) in [6, 6.07) is 5.53. The van der Waals surface area contributed by atoms with Crippen LogP contribution in [0.25, 0.3) is 0 Å². The van der Waals surface area contributed by atoms with Crippen molar-refractivity contribution in [1.82, 2.24) is 4.98 Å². The van der Waals surface area contributed by atoms with Crippen molar-refractivity contribution in [2.24, 2.45) is 5.92 Å². The molecule has 0 aliphatic carbocycles. The molecule has 0 aliphatic rings. The number of carboxylic acid groups (broad SMARTS) is 1. The molecule has 0 fully saturated rings. The fourth-order valence-electron chi connectivity index (χ4n) is 1.58. The van der Waals surface area contributed by atoms with E-state index in [2.05, 4.69) is 4.98 Å². The van der Waals surface area contributed by atoms with Gasteiger partial charge in [-0.25, -0.2) is 0 Å². The minimum absolute atomic E-state index is 0.128. The monoisotopic (exact) mass is 255 g/mol. The molecule has 1 aromatic heterocycles. The van der Waals surface area contributed by atoms with Crippen LogP contribution in [0.3, 0.4) is 0 Å². The first-order chi connectivity index (χ1) is 8.02. The summed E-state index contributed by atoms with van der Waals surface area (Å²) in [6.45, 7) is 3.55. The van der Waals surface area contributed by atoms with Gasteiger partial charge in [-0.1, -0.05) is 19.9 Å². The summed E-state index contributed by atoms with van der Waals surface area (Å²) in [5, 5.41) is 8.21. The topological polar surface area (TPSA) is 67.3 Å². The van der Waals surface area contributed by atoms with Crippen molar-refractivity contribution in [2.45, 2.75) is 25.5 Å². The van der Waals surface area contributed by atoms with Gasteiger partial charge in [-0.3, -0.25) is 14.0 Å². The SMILES string of the molecule is CC(C)C(C(=O)O)S(=O)CCc1ccccn1. The fourth-order valence-corrected chi connectivity index (χ4v) is 3.08. The van der Waals surface area contributed by atoms with Gasteiger partial charge in [0.05, 0.1) is 0 Å². The Morgan fingerprint density at radius 3 is 2.65 bits per heavy atom. The Morgan fingerprint density at radius 2 is 2.18 bits per heavy atom. The lowest BCUT2D eigenvalue weighted by Crippen LogP contribution is -2.32. The number of nitrogens with zero attached hydrogens (tertiary/aromatic N) is 1. The zero-order valence-electron chi connectivity index (χ0n) is 10.00. The molecule has 0 saturated carbocycles. The number of hydrogen-bond donors (Lipinski definition) is 1. The summed E-state index contributed by atoms with van der Waals surface area (Å²) in [5.41, 5.74) is 0.841. The van der Waals surface area contributed by atoms with E-state index in [1.54, 1.807) is 20.0 Å². The summed E-state index contributed by atoms with van der Waals surface area (Å²) in [6.07, 6.45) is 2.22. The Kier molecular flexibility index (Phi) is 5.28. The highest BCUT2D eigenvalue weighted by molar-refractivity contribution is 7.86. The maximum absolute atomic E-state index is 11.9. The van der Waals surface area contributed by atoms with Crippen molar-refractivity contribution >= 4 is 16.8 Å². The summed E-state index contributed by atoms with van der Waals surface area (Å²) < 4.78 is 11.9. The molecular weight excluding hydrogens is 238 g/mol. The quantitative estimate of drug-likeness (QED) is 0.836. The summed E-state index contributed by atoms with van der Waals surface area (Å²) in [5.74, 6) is -0.775. The number of pyridine rings is 1. The van der Waals surface area contributed by atoms with E-state index in [0.717, 1.165) is 5.69 Å². The lowest BCUT2D eigenvalue weighted by molar-refractivity contribution is -0.137. The van der Waals surface area contributed by atoms with Gasteiger partial charge in [0.1, 0.15) is 5.25 Å². The number of hydrogen-bond acceptors (Lipinski definition) is 3. The highest BCUT2D eigenvalue weighted by atomic mass is 32.2. The van der Waals surface area contributed by atoms with E-state index in [-0.39, 0.29) is 5.92 Å². The lowest BCUT2D eigenvalue weighted by Gasteiger charge is -2.15. The van der Waals surface area contributed by atoms with E-state index in [1.807, 2.05) is 18.2 Å². The molecule has 5 heteroatoms. The predicted molar refractivity (Wildman–Crippen MR) is 67.2 cm³/mol. The Labute approximate surface area is 104 Å². The van der Waals surface area contributed by atoms with Crippen LogP contribution in [0.15, 0.2) is 24.4 Å². The molecule has 0 amide bonds. The first-order valence-corrected chi connectivity index (χ1v) is 6.90. The van der Waals surface area contributed by atoms with E-state index >= 15 is 0 Å². The second-order valence-corrected chi connectivity index (χ2v) is 5.84. The molecule has 2 unspecified atom stereocenters. The van der Waals surface area contributed by atoms with Crippen LogP contribution in [-0.4, -0.2) is 31.3 Å². The van der Waals surface area contributed by atoms with Crippen LogP contribution in [0, 0.1) is 5.92 Å². The van der Waals surface area contributed by atoms with Gasteiger partial charge in [-0.2, -0.15) is 0 Å². The van der Waals surface area contributed by atoms with Gasteiger partial charge < -0.3 is 5.11 Å². The Balaban J connectivity index is 2.57. The Hall–Kier alpha value is -1.23. The maximum atomic E-state index is 11.9. The third-order valence-electron chi connectivity index (χ3n) is 2.42. The zero-order chi connectivity index (χ0) is 12.8. The number of carboxylic acids is 1. The van der Waals surface area contributed by atoms with E-state index in [1.165, 1.54) is 0 Å². The van der Waals surface area contributed by atoms with Crippen molar-refractivity contribution < 1.29 is 14.1 Å². The van der Waals surface area contributed by atoms with E-state index < -0.39 is 22.0 Å². The summed E-state index contributed by atoms with van der Waals surface area (Å²) >= 11 is 0. The van der Waals surface area contributed by atoms with Crippen LogP contribution in [-0.2, 0) is 22.0 Å². The predicted octanol–water partition coefficient (Wildman–Crippen LogP) is 1.48. The van der Waals surface area contributed by atoms with E-state index in [9.17, 15) is 9.00 Å². The third kappa shape index (κ3) is 4.26. The smallest absolute Gasteiger partial charge is 0.319 e. The molecule has 17 heavy (non-hydrogen) atoms. The molecule has 1 heterocycles. The van der Waals surface area contributed by atoms with Gasteiger partial charge in [0.25, 0.3) is 0 Å². The molecule has 94 valence electrons. The minimum atomic E-state index is -1.36. The Bertz CT molecular complexity index is 392. The van der Waals surface area contributed by atoms with Gasteiger partial charge in [-0.05, 0) is 18.1 Å². The average Bonchev–Trinajstić information content (AvgIpc) is 2.27. The second-order valence-electron chi connectivity index (χ2n) is 4.16. The van der Waals surface area contributed by atoms with Crippen LogP contribution in [0.1, 0.15) is 19.5 Å². The van der Waals surface area contributed by atoms with Crippen LogP contribution < -0.4 is 0 Å². The zero-order valence-corrected chi connectivity index (χ0v) is 10.8. The molecule has 1 aromatic rings. The number of carbonyl (C=O) groups is 1. The first kappa shape index (κ1) is 13.8.